The molecule has 322 valence electrons. The molecular weight excluding hydrogens is 845 g/mol. The molecule has 6 heteroatoms. The van der Waals surface area contributed by atoms with Crippen LogP contribution in [0.1, 0.15) is 0 Å². The summed E-state index contributed by atoms with van der Waals surface area (Å²) in [6, 6.07) is 80.4. The number of nitrogens with zero attached hydrogens (tertiary/aromatic N) is 4. The summed E-state index contributed by atoms with van der Waals surface area (Å²) < 4.78 is 15.9. The zero-order valence-corrected chi connectivity index (χ0v) is 37.0. The number of hydrogen-bond donors (Lipinski definition) is 0. The molecule has 0 atom stereocenters. The minimum absolute atomic E-state index is 0.571. The minimum Gasteiger partial charge on any atom is -0.456 e. The second-order valence-electron chi connectivity index (χ2n) is 17.5. The molecule has 0 amide bonds. The largest absolute Gasteiger partial charge is 0.456 e. The maximum atomic E-state index is 6.79. The van der Waals surface area contributed by atoms with Gasteiger partial charge in [0, 0.05) is 60.3 Å². The zero-order valence-electron chi connectivity index (χ0n) is 37.0. The number of para-hydroxylation sites is 2. The molecule has 0 fully saturated rings. The molecule has 0 spiro atoms. The molecule has 0 bridgehead atoms. The van der Waals surface area contributed by atoms with Crippen molar-refractivity contribution in [2.75, 3.05) is 0 Å². The van der Waals surface area contributed by atoms with Gasteiger partial charge in [-0.3, -0.25) is 0 Å². The van der Waals surface area contributed by atoms with Gasteiger partial charge in [0.25, 0.3) is 0 Å². The number of aromatic nitrogens is 4. The lowest BCUT2D eigenvalue weighted by Gasteiger charge is -2.12. The quantitative estimate of drug-likeness (QED) is 0.159. The molecule has 6 nitrogen and oxygen atoms in total. The summed E-state index contributed by atoms with van der Waals surface area (Å²) in [4.78, 5) is 15.4. The van der Waals surface area contributed by atoms with Crippen molar-refractivity contribution in [1.82, 2.24) is 19.5 Å². The van der Waals surface area contributed by atoms with Gasteiger partial charge in [0.05, 0.1) is 11.0 Å². The summed E-state index contributed by atoms with van der Waals surface area (Å²) in [5.74, 6) is 1.77. The van der Waals surface area contributed by atoms with Crippen LogP contribution in [0.2, 0.25) is 0 Å². The summed E-state index contributed by atoms with van der Waals surface area (Å²) >= 11 is 0. The monoisotopic (exact) mass is 882 g/mol. The molecule has 0 saturated carbocycles. The average Bonchev–Trinajstić information content (AvgIpc) is 4.10. The predicted molar refractivity (Wildman–Crippen MR) is 281 cm³/mol. The van der Waals surface area contributed by atoms with E-state index in [-0.39, 0.29) is 0 Å². The average molecular weight is 883 g/mol. The third-order valence-electron chi connectivity index (χ3n) is 13.5. The van der Waals surface area contributed by atoms with E-state index in [1.807, 2.05) is 60.7 Å². The second-order valence-corrected chi connectivity index (χ2v) is 17.5. The number of benzene rings is 10. The number of fused-ring (bicyclic) bond motifs is 9. The lowest BCUT2D eigenvalue weighted by Crippen LogP contribution is -2.00. The Morgan fingerprint density at radius 2 is 0.855 bits per heavy atom. The van der Waals surface area contributed by atoms with Crippen LogP contribution in [0, 0.1) is 0 Å². The topological polar surface area (TPSA) is 69.9 Å². The van der Waals surface area contributed by atoms with E-state index in [0.29, 0.717) is 17.5 Å². The van der Waals surface area contributed by atoms with Gasteiger partial charge in [0.2, 0.25) is 0 Å². The van der Waals surface area contributed by atoms with Crippen molar-refractivity contribution < 1.29 is 8.83 Å². The van der Waals surface area contributed by atoms with Crippen LogP contribution in [-0.2, 0) is 0 Å². The Morgan fingerprint density at radius 1 is 0.290 bits per heavy atom. The van der Waals surface area contributed by atoms with E-state index in [1.165, 1.54) is 21.9 Å². The smallest absolute Gasteiger partial charge is 0.164 e. The fraction of sp³-hybridized carbons (Fsp3) is 0. The summed E-state index contributed by atoms with van der Waals surface area (Å²) in [5, 5.41) is 6.42. The van der Waals surface area contributed by atoms with Gasteiger partial charge in [0.1, 0.15) is 22.3 Å². The van der Waals surface area contributed by atoms with Crippen LogP contribution in [0.5, 0.6) is 0 Å². The first-order valence-corrected chi connectivity index (χ1v) is 23.2. The second kappa shape index (κ2) is 15.6. The highest BCUT2D eigenvalue weighted by atomic mass is 16.3. The van der Waals surface area contributed by atoms with Crippen molar-refractivity contribution in [1.29, 1.82) is 0 Å². The molecule has 14 aromatic rings. The maximum Gasteiger partial charge on any atom is 0.164 e. The van der Waals surface area contributed by atoms with Crippen LogP contribution in [0.25, 0.3) is 139 Å². The van der Waals surface area contributed by atoms with Gasteiger partial charge in [-0.25, -0.2) is 15.0 Å². The molecular formula is C63H38N4O2. The molecule has 0 radical (unpaired) electrons. The van der Waals surface area contributed by atoms with Crippen LogP contribution in [0.15, 0.2) is 239 Å². The third kappa shape index (κ3) is 6.45. The Kier molecular flexibility index (Phi) is 8.79. The van der Waals surface area contributed by atoms with E-state index in [2.05, 4.69) is 174 Å². The van der Waals surface area contributed by atoms with Crippen LogP contribution in [0.3, 0.4) is 0 Å². The van der Waals surface area contributed by atoms with Crippen molar-refractivity contribution >= 4 is 65.7 Å². The molecule has 4 heterocycles. The highest BCUT2D eigenvalue weighted by Crippen LogP contribution is 2.44. The maximum absolute atomic E-state index is 6.79. The lowest BCUT2D eigenvalue weighted by atomic mass is 9.98. The molecule has 0 saturated heterocycles. The molecule has 0 N–H and O–H groups in total. The van der Waals surface area contributed by atoms with Crippen molar-refractivity contribution in [3.05, 3.63) is 231 Å². The van der Waals surface area contributed by atoms with Gasteiger partial charge >= 0.3 is 0 Å². The van der Waals surface area contributed by atoms with E-state index in [9.17, 15) is 0 Å². The molecule has 4 aromatic heterocycles. The third-order valence-corrected chi connectivity index (χ3v) is 13.5. The van der Waals surface area contributed by atoms with Gasteiger partial charge in [-0.15, -0.1) is 0 Å². The van der Waals surface area contributed by atoms with Gasteiger partial charge in [0.15, 0.2) is 17.5 Å². The minimum atomic E-state index is 0.571. The summed E-state index contributed by atoms with van der Waals surface area (Å²) in [5.41, 5.74) is 15.8. The number of rotatable bonds is 7. The first-order chi connectivity index (χ1) is 34.2. The Balaban J connectivity index is 0.935. The van der Waals surface area contributed by atoms with Crippen molar-refractivity contribution in [3.8, 4) is 73.2 Å². The molecule has 10 aromatic carbocycles. The van der Waals surface area contributed by atoms with E-state index in [1.54, 1.807) is 0 Å². The van der Waals surface area contributed by atoms with E-state index >= 15 is 0 Å². The first-order valence-electron chi connectivity index (χ1n) is 23.2. The molecule has 0 aliphatic rings. The predicted octanol–water partition coefficient (Wildman–Crippen LogP) is 16.8. The van der Waals surface area contributed by atoms with Crippen LogP contribution in [0.4, 0.5) is 0 Å². The first kappa shape index (κ1) is 38.8. The van der Waals surface area contributed by atoms with Crippen molar-refractivity contribution in [3.63, 3.8) is 0 Å². The van der Waals surface area contributed by atoms with Crippen molar-refractivity contribution in [2.24, 2.45) is 0 Å². The zero-order chi connectivity index (χ0) is 45.4. The Hall–Kier alpha value is -9.39. The summed E-state index contributed by atoms with van der Waals surface area (Å²) in [6.07, 6.45) is 0. The molecule has 14 rings (SSSR count). The van der Waals surface area contributed by atoms with Gasteiger partial charge < -0.3 is 13.4 Å². The van der Waals surface area contributed by atoms with Crippen molar-refractivity contribution in [2.45, 2.75) is 0 Å². The SMILES string of the molecule is c1ccc(-c2ccc(-c3nc(-c4ccccc4)nc(-c4cccc5oc6cc(-c7cc(-n8c9ccccc9c9cc(-c%10ccccc%10)ccc98)cc8c7oc7ccccc78)ccc6c45)n3)cc2)cc1. The highest BCUT2D eigenvalue weighted by molar-refractivity contribution is 6.16. The van der Waals surface area contributed by atoms with Gasteiger partial charge in [-0.1, -0.05) is 176 Å². The standard InChI is InChI=1S/C63H38N4O2/c1-4-15-39(16-5-1)41-27-29-43(30-28-41)62-64-61(42-19-8-3-9-20-42)65-63(66-62)50-23-14-26-57-59(50)49-33-31-45(36-58(49)68-57)51-37-46(38-53-48-22-11-13-25-56(48)69-60(51)53)67-54-24-12-10-21-47(54)52-35-44(32-34-55(52)67)40-17-6-2-7-18-40/h1-38H. The van der Waals surface area contributed by atoms with E-state index in [4.69, 9.17) is 23.8 Å². The van der Waals surface area contributed by atoms with E-state index in [0.717, 1.165) is 99.5 Å². The fourth-order valence-electron chi connectivity index (χ4n) is 10.2. The number of furan rings is 2. The van der Waals surface area contributed by atoms with Gasteiger partial charge in [-0.05, 0) is 82.4 Å². The Labute approximate surface area is 396 Å². The summed E-state index contributed by atoms with van der Waals surface area (Å²) in [6.45, 7) is 0. The fourth-order valence-corrected chi connectivity index (χ4v) is 10.2. The van der Waals surface area contributed by atoms with Crippen LogP contribution >= 0.6 is 0 Å². The molecule has 0 aliphatic heterocycles. The normalized spacial score (nSPS) is 11.8. The lowest BCUT2D eigenvalue weighted by molar-refractivity contribution is 0.668. The van der Waals surface area contributed by atoms with Crippen LogP contribution < -0.4 is 0 Å². The molecule has 0 unspecified atom stereocenters. The van der Waals surface area contributed by atoms with E-state index < -0.39 is 0 Å². The summed E-state index contributed by atoms with van der Waals surface area (Å²) in [7, 11) is 0. The molecule has 69 heavy (non-hydrogen) atoms. The number of hydrogen-bond acceptors (Lipinski definition) is 5. The molecule has 0 aliphatic carbocycles. The highest BCUT2D eigenvalue weighted by Gasteiger charge is 2.22. The van der Waals surface area contributed by atoms with Gasteiger partial charge in [-0.2, -0.15) is 0 Å². The Morgan fingerprint density at radius 3 is 1.62 bits per heavy atom. The van der Waals surface area contributed by atoms with Crippen LogP contribution in [-0.4, -0.2) is 19.5 Å². The Bertz CT molecular complexity index is 4290.